The van der Waals surface area contributed by atoms with Crippen LogP contribution in [-0.4, -0.2) is 82.9 Å². The molecule has 0 unspecified atom stereocenters. The molecule has 1 aliphatic rings. The van der Waals surface area contributed by atoms with Crippen molar-refractivity contribution >= 4 is 53.9 Å². The zero-order valence-electron chi connectivity index (χ0n) is 21.2. The van der Waals surface area contributed by atoms with Crippen LogP contribution in [0.25, 0.3) is 0 Å². The molecule has 18 heteroatoms. The van der Waals surface area contributed by atoms with Crippen molar-refractivity contribution in [1.29, 1.82) is 0 Å². The lowest BCUT2D eigenvalue weighted by Gasteiger charge is -2.26. The Kier molecular flexibility index (Phi) is 8.98. The maximum Gasteiger partial charge on any atom is 0.338 e. The third-order valence-electron chi connectivity index (χ3n) is 5.68. The van der Waals surface area contributed by atoms with Crippen molar-refractivity contribution in [2.45, 2.75) is 14.0 Å². The second-order valence-corrected chi connectivity index (χ2v) is 13.4. The average Bonchev–Trinajstić information content (AvgIpc) is 3.45. The van der Waals surface area contributed by atoms with Crippen molar-refractivity contribution in [3.63, 3.8) is 0 Å². The first kappa shape index (κ1) is 30.0. The Morgan fingerprint density at radius 1 is 1.12 bits per heavy atom. The molecule has 2 aromatic carbocycles. The van der Waals surface area contributed by atoms with Gasteiger partial charge in [0.25, 0.3) is 11.6 Å². The van der Waals surface area contributed by atoms with Gasteiger partial charge in [-0.2, -0.15) is 4.31 Å². The smallest absolute Gasteiger partial charge is 0.338 e. The monoisotopic (exact) mass is 626 g/mol. The number of nitrogens with zero attached hydrogens (tertiary/aromatic N) is 3. The van der Waals surface area contributed by atoms with E-state index >= 15 is 0 Å². The number of carbonyl (C=O) groups excluding carboxylic acids is 2. The number of nitro benzene ring substituents is 1. The number of aromatic nitrogens is 1. The number of nitrogens with one attached hydrogen (secondary N) is 1. The standard InChI is InChI=1S/C23H22N4O11S3/c1-36-18-7-2-15(12-19(18)41(34,35)26-8-10-37-11-9-26)22(29)38-14-20(28)25-23-24-13-21(39-23)40(32,33)17-5-3-16(4-6-17)27(30)31/h2-7,12-13H,8-11,14H2,1H3,(H,24,25,28). The van der Waals surface area contributed by atoms with E-state index in [1.54, 1.807) is 0 Å². The van der Waals surface area contributed by atoms with Crippen molar-refractivity contribution in [3.8, 4) is 5.75 Å². The number of nitro groups is 1. The maximum atomic E-state index is 13.1. The number of hydrogen-bond donors (Lipinski definition) is 1. The molecule has 2 heterocycles. The lowest BCUT2D eigenvalue weighted by atomic mass is 10.2. The van der Waals surface area contributed by atoms with Crippen molar-refractivity contribution in [1.82, 2.24) is 9.29 Å². The molecule has 1 saturated heterocycles. The first-order valence-electron chi connectivity index (χ1n) is 11.6. The molecule has 1 amide bonds. The van der Waals surface area contributed by atoms with E-state index in [0.717, 1.165) is 36.5 Å². The molecule has 15 nitrogen and oxygen atoms in total. The number of thiazole rings is 1. The Balaban J connectivity index is 1.40. The third-order valence-corrected chi connectivity index (χ3v) is 10.7. The molecular formula is C23H22N4O11S3. The fraction of sp³-hybridized carbons (Fsp3) is 0.261. The molecule has 0 atom stereocenters. The highest BCUT2D eigenvalue weighted by molar-refractivity contribution is 7.93. The summed E-state index contributed by atoms with van der Waals surface area (Å²) in [5.74, 6) is -1.79. The van der Waals surface area contributed by atoms with Crippen LogP contribution in [0.5, 0.6) is 5.75 Å². The highest BCUT2D eigenvalue weighted by Gasteiger charge is 2.30. The van der Waals surface area contributed by atoms with E-state index in [0.29, 0.717) is 11.3 Å². The van der Waals surface area contributed by atoms with Crippen LogP contribution < -0.4 is 10.1 Å². The fourth-order valence-corrected chi connectivity index (χ4v) is 7.64. The normalized spacial score (nSPS) is 14.3. The second-order valence-electron chi connectivity index (χ2n) is 8.25. The van der Waals surface area contributed by atoms with Gasteiger partial charge < -0.3 is 14.2 Å². The Morgan fingerprint density at radius 3 is 2.44 bits per heavy atom. The molecule has 0 bridgehead atoms. The van der Waals surface area contributed by atoms with E-state index in [-0.39, 0.29) is 62.4 Å². The van der Waals surface area contributed by atoms with E-state index in [1.807, 2.05) is 0 Å². The summed E-state index contributed by atoms with van der Waals surface area (Å²) in [6.07, 6.45) is 1.01. The number of sulfonamides is 1. The van der Waals surface area contributed by atoms with Crippen LogP contribution in [0, 0.1) is 10.1 Å². The van der Waals surface area contributed by atoms with Crippen LogP contribution in [0.1, 0.15) is 10.4 Å². The predicted molar refractivity (Wildman–Crippen MR) is 142 cm³/mol. The third kappa shape index (κ3) is 6.68. The van der Waals surface area contributed by atoms with Crippen LogP contribution in [0.2, 0.25) is 0 Å². The van der Waals surface area contributed by atoms with Gasteiger partial charge in [0, 0.05) is 25.2 Å². The van der Waals surface area contributed by atoms with Crippen LogP contribution >= 0.6 is 11.3 Å². The van der Waals surface area contributed by atoms with Gasteiger partial charge in [-0.1, -0.05) is 11.3 Å². The molecule has 1 N–H and O–H groups in total. The minimum Gasteiger partial charge on any atom is -0.495 e. The lowest BCUT2D eigenvalue weighted by molar-refractivity contribution is -0.384. The SMILES string of the molecule is COc1ccc(C(=O)OCC(=O)Nc2ncc(S(=O)(=O)c3ccc([N+](=O)[O-])cc3)s2)cc1S(=O)(=O)N1CCOCC1. The van der Waals surface area contributed by atoms with E-state index in [4.69, 9.17) is 14.2 Å². The Labute approximate surface area is 237 Å². The minimum atomic E-state index is -4.06. The zero-order chi connectivity index (χ0) is 29.8. The number of methoxy groups -OCH3 is 1. The Hall–Kier alpha value is -3.97. The van der Waals surface area contributed by atoms with Crippen LogP contribution in [0.4, 0.5) is 10.8 Å². The first-order chi connectivity index (χ1) is 19.4. The van der Waals surface area contributed by atoms with Crippen molar-refractivity contribution in [2.75, 3.05) is 45.3 Å². The second kappa shape index (κ2) is 12.3. The molecule has 0 radical (unpaired) electrons. The van der Waals surface area contributed by atoms with Crippen LogP contribution in [0.3, 0.4) is 0 Å². The van der Waals surface area contributed by atoms with Gasteiger partial charge in [0.1, 0.15) is 14.9 Å². The molecule has 3 aromatic rings. The summed E-state index contributed by atoms with van der Waals surface area (Å²) in [5.41, 5.74) is -0.420. The number of anilines is 1. The van der Waals surface area contributed by atoms with Crippen molar-refractivity contribution in [2.24, 2.45) is 0 Å². The maximum absolute atomic E-state index is 13.1. The number of ether oxygens (including phenoxy) is 3. The summed E-state index contributed by atoms with van der Waals surface area (Å²) in [7, 11) is -6.79. The number of carbonyl (C=O) groups is 2. The first-order valence-corrected chi connectivity index (χ1v) is 15.4. The Morgan fingerprint density at radius 2 is 1.80 bits per heavy atom. The largest absolute Gasteiger partial charge is 0.495 e. The van der Waals surface area contributed by atoms with Gasteiger partial charge >= 0.3 is 5.97 Å². The summed E-state index contributed by atoms with van der Waals surface area (Å²) in [6, 6.07) is 7.95. The van der Waals surface area contributed by atoms with Crippen LogP contribution in [-0.2, 0) is 34.1 Å². The molecule has 1 fully saturated rings. The van der Waals surface area contributed by atoms with Gasteiger partial charge in [0.05, 0.1) is 41.9 Å². The van der Waals surface area contributed by atoms with E-state index < -0.39 is 43.3 Å². The van der Waals surface area contributed by atoms with Gasteiger partial charge in [-0.25, -0.2) is 26.6 Å². The van der Waals surface area contributed by atoms with Crippen molar-refractivity contribution in [3.05, 3.63) is 64.3 Å². The number of morpholine rings is 1. The average molecular weight is 627 g/mol. The number of rotatable bonds is 10. The predicted octanol–water partition coefficient (Wildman–Crippen LogP) is 1.71. The van der Waals surface area contributed by atoms with E-state index in [2.05, 4.69) is 10.3 Å². The number of amides is 1. The summed E-state index contributed by atoms with van der Waals surface area (Å²) >= 11 is 0.627. The van der Waals surface area contributed by atoms with E-state index in [9.17, 15) is 36.5 Å². The van der Waals surface area contributed by atoms with Gasteiger partial charge in [-0.15, -0.1) is 0 Å². The summed E-state index contributed by atoms with van der Waals surface area (Å²) in [5, 5.41) is 13.0. The number of esters is 1. The zero-order valence-corrected chi connectivity index (χ0v) is 23.7. The molecule has 41 heavy (non-hydrogen) atoms. The topological polar surface area (TPSA) is 201 Å². The molecule has 1 aliphatic heterocycles. The quantitative estimate of drug-likeness (QED) is 0.194. The van der Waals surface area contributed by atoms with Crippen LogP contribution in [0.15, 0.2) is 62.7 Å². The summed E-state index contributed by atoms with van der Waals surface area (Å²) < 4.78 is 68.1. The number of hydrogen-bond acceptors (Lipinski definition) is 13. The molecule has 4 rings (SSSR count). The minimum absolute atomic E-state index is 0.0223. The molecular weight excluding hydrogens is 604 g/mol. The highest BCUT2D eigenvalue weighted by Crippen LogP contribution is 2.30. The lowest BCUT2D eigenvalue weighted by Crippen LogP contribution is -2.40. The molecule has 1 aromatic heterocycles. The van der Waals surface area contributed by atoms with E-state index in [1.165, 1.54) is 23.5 Å². The molecule has 218 valence electrons. The fourth-order valence-electron chi connectivity index (χ4n) is 3.61. The van der Waals surface area contributed by atoms with Gasteiger partial charge in [-0.3, -0.25) is 20.2 Å². The number of non-ortho nitro benzene ring substituents is 1. The summed E-state index contributed by atoms with van der Waals surface area (Å²) in [6.45, 7) is -0.0632. The van der Waals surface area contributed by atoms with Gasteiger partial charge in [0.2, 0.25) is 19.9 Å². The highest BCUT2D eigenvalue weighted by atomic mass is 32.2. The molecule has 0 saturated carbocycles. The Bertz CT molecular complexity index is 1680. The number of sulfone groups is 1. The molecule has 0 spiro atoms. The summed E-state index contributed by atoms with van der Waals surface area (Å²) in [4.78, 5) is 38.5. The van der Waals surface area contributed by atoms with Gasteiger partial charge in [-0.05, 0) is 30.3 Å². The molecule has 0 aliphatic carbocycles. The number of benzene rings is 2. The van der Waals surface area contributed by atoms with Gasteiger partial charge in [0.15, 0.2) is 11.7 Å². The van der Waals surface area contributed by atoms with Crippen molar-refractivity contribution < 1.29 is 45.6 Å².